The fourth-order valence-electron chi connectivity index (χ4n) is 3.03. The van der Waals surface area contributed by atoms with Gasteiger partial charge in [0.1, 0.15) is 23.9 Å². The van der Waals surface area contributed by atoms with Crippen molar-refractivity contribution in [2.75, 3.05) is 27.1 Å². The number of allylic oxidation sites excluding steroid dienone is 1. The van der Waals surface area contributed by atoms with E-state index in [-0.39, 0.29) is 30.0 Å². The van der Waals surface area contributed by atoms with Gasteiger partial charge in [0.2, 0.25) is 6.79 Å². The Hall–Kier alpha value is -3.02. The fraction of sp³-hybridized carbons (Fsp3) is 0.458. The zero-order valence-electron chi connectivity index (χ0n) is 19.9. The Kier molecular flexibility index (Phi) is 9.32. The third-order valence-electron chi connectivity index (χ3n) is 4.83. The van der Waals surface area contributed by atoms with Crippen LogP contribution in [0.4, 0.5) is 4.79 Å². The monoisotopic (exact) mass is 475 g/mol. The molecular formula is C24H30ClN3O5. The van der Waals surface area contributed by atoms with Gasteiger partial charge in [-0.2, -0.15) is 10.4 Å². The van der Waals surface area contributed by atoms with Crippen LogP contribution >= 0.6 is 11.6 Å². The second-order valence-electron chi connectivity index (χ2n) is 8.20. The molecule has 0 aliphatic rings. The van der Waals surface area contributed by atoms with Crippen molar-refractivity contribution >= 4 is 29.1 Å². The Labute approximate surface area is 199 Å². The molecule has 1 aromatic heterocycles. The number of carbonyl (C=O) groups excluding carboxylic acids is 1. The van der Waals surface area contributed by atoms with Crippen LogP contribution in [-0.4, -0.2) is 43.1 Å². The number of nitrogens with zero attached hydrogens (tertiary/aromatic N) is 3. The van der Waals surface area contributed by atoms with Crippen LogP contribution in [0.1, 0.15) is 50.2 Å². The SMILES string of the molecule is CCn1nc(C)c(Cl)c1/C(OCOC(=O)OCCOC)=C(\C#N)c1ccc(C(C)(C)C)cc1. The summed E-state index contributed by atoms with van der Waals surface area (Å²) in [4.78, 5) is 11.8. The van der Waals surface area contributed by atoms with E-state index in [2.05, 4.69) is 31.9 Å². The lowest BCUT2D eigenvalue weighted by Crippen LogP contribution is -2.14. The maximum Gasteiger partial charge on any atom is 0.511 e. The first-order valence-corrected chi connectivity index (χ1v) is 10.9. The minimum Gasteiger partial charge on any atom is -0.453 e. The molecule has 0 aliphatic heterocycles. The maximum absolute atomic E-state index is 11.8. The van der Waals surface area contributed by atoms with Crippen LogP contribution in [-0.2, 0) is 30.9 Å². The topological polar surface area (TPSA) is 95.6 Å². The van der Waals surface area contributed by atoms with Gasteiger partial charge >= 0.3 is 6.16 Å². The number of halogens is 1. The van der Waals surface area contributed by atoms with Crippen molar-refractivity contribution in [3.8, 4) is 6.07 Å². The van der Waals surface area contributed by atoms with Gasteiger partial charge in [-0.25, -0.2) is 4.79 Å². The summed E-state index contributed by atoms with van der Waals surface area (Å²) in [5.74, 6) is 0.165. The van der Waals surface area contributed by atoms with Gasteiger partial charge in [0.15, 0.2) is 5.76 Å². The molecule has 0 N–H and O–H groups in total. The van der Waals surface area contributed by atoms with Gasteiger partial charge in [0, 0.05) is 13.7 Å². The molecule has 0 amide bonds. The first-order valence-electron chi connectivity index (χ1n) is 10.5. The van der Waals surface area contributed by atoms with E-state index in [0.29, 0.717) is 28.5 Å². The molecule has 0 fully saturated rings. The smallest absolute Gasteiger partial charge is 0.453 e. The average molecular weight is 476 g/mol. The van der Waals surface area contributed by atoms with Gasteiger partial charge < -0.3 is 18.9 Å². The average Bonchev–Trinajstić information content (AvgIpc) is 3.06. The molecule has 1 heterocycles. The van der Waals surface area contributed by atoms with E-state index in [4.69, 9.17) is 30.5 Å². The van der Waals surface area contributed by atoms with Crippen molar-refractivity contribution in [2.45, 2.75) is 46.6 Å². The number of hydrogen-bond acceptors (Lipinski definition) is 7. The minimum atomic E-state index is -0.911. The van der Waals surface area contributed by atoms with E-state index in [1.165, 1.54) is 7.11 Å². The molecule has 0 saturated carbocycles. The Morgan fingerprint density at radius 3 is 2.36 bits per heavy atom. The highest BCUT2D eigenvalue weighted by atomic mass is 35.5. The Bertz CT molecular complexity index is 1030. The molecule has 178 valence electrons. The van der Waals surface area contributed by atoms with Crippen molar-refractivity contribution in [2.24, 2.45) is 0 Å². The normalized spacial score (nSPS) is 12.1. The van der Waals surface area contributed by atoms with Crippen molar-refractivity contribution in [1.82, 2.24) is 9.78 Å². The molecule has 2 aromatic rings. The van der Waals surface area contributed by atoms with Crippen LogP contribution in [0.2, 0.25) is 5.02 Å². The molecule has 0 unspecified atom stereocenters. The first-order chi connectivity index (χ1) is 15.6. The molecule has 0 atom stereocenters. The number of ether oxygens (including phenoxy) is 4. The van der Waals surface area contributed by atoms with Gasteiger partial charge in [-0.05, 0) is 30.4 Å². The maximum atomic E-state index is 11.8. The summed E-state index contributed by atoms with van der Waals surface area (Å²) in [5, 5.41) is 14.8. The summed E-state index contributed by atoms with van der Waals surface area (Å²) >= 11 is 6.53. The molecule has 8 nitrogen and oxygen atoms in total. The summed E-state index contributed by atoms with van der Waals surface area (Å²) in [6.45, 7) is 10.3. The lowest BCUT2D eigenvalue weighted by atomic mass is 9.86. The largest absolute Gasteiger partial charge is 0.511 e. The highest BCUT2D eigenvalue weighted by Gasteiger charge is 2.24. The van der Waals surface area contributed by atoms with E-state index >= 15 is 0 Å². The summed E-state index contributed by atoms with van der Waals surface area (Å²) in [6, 6.07) is 9.86. The van der Waals surface area contributed by atoms with Gasteiger partial charge in [0.25, 0.3) is 0 Å². The molecule has 0 bridgehead atoms. The molecular weight excluding hydrogens is 446 g/mol. The van der Waals surface area contributed by atoms with E-state index in [1.807, 2.05) is 31.2 Å². The molecule has 0 radical (unpaired) electrons. The zero-order chi connectivity index (χ0) is 24.6. The molecule has 0 aliphatic carbocycles. The number of rotatable bonds is 9. The van der Waals surface area contributed by atoms with E-state index in [0.717, 1.165) is 5.56 Å². The van der Waals surface area contributed by atoms with Crippen molar-refractivity contribution in [3.05, 3.63) is 51.8 Å². The number of carbonyl (C=O) groups is 1. The Morgan fingerprint density at radius 2 is 1.82 bits per heavy atom. The minimum absolute atomic E-state index is 0.0351. The van der Waals surface area contributed by atoms with E-state index in [1.54, 1.807) is 11.6 Å². The standard InChI is InChI=1S/C24H30ClN3O5/c1-7-28-21(20(25)16(2)27-28)22(32-15-33-23(29)31-13-12-30-6)19(14-26)17-8-10-18(11-9-17)24(3,4)5/h8-11H,7,12-13,15H2,1-6H3/b22-19-. The van der Waals surface area contributed by atoms with Gasteiger partial charge in [-0.1, -0.05) is 56.6 Å². The quantitative estimate of drug-likeness (QED) is 0.159. The molecule has 33 heavy (non-hydrogen) atoms. The Morgan fingerprint density at radius 1 is 1.15 bits per heavy atom. The lowest BCUT2D eigenvalue weighted by molar-refractivity contribution is -0.0130. The van der Waals surface area contributed by atoms with E-state index in [9.17, 15) is 10.1 Å². The Balaban J connectivity index is 2.46. The summed E-state index contributed by atoms with van der Waals surface area (Å²) < 4.78 is 22.1. The predicted molar refractivity (Wildman–Crippen MR) is 125 cm³/mol. The lowest BCUT2D eigenvalue weighted by Gasteiger charge is -2.19. The number of methoxy groups -OCH3 is 1. The first kappa shape index (κ1) is 26.2. The van der Waals surface area contributed by atoms with Crippen LogP contribution < -0.4 is 0 Å². The molecule has 1 aromatic carbocycles. The fourth-order valence-corrected chi connectivity index (χ4v) is 3.26. The molecule has 0 spiro atoms. The highest BCUT2D eigenvalue weighted by molar-refractivity contribution is 6.33. The van der Waals surface area contributed by atoms with Crippen LogP contribution in [0.15, 0.2) is 24.3 Å². The van der Waals surface area contributed by atoms with Gasteiger partial charge in [-0.15, -0.1) is 0 Å². The molecule has 0 saturated heterocycles. The zero-order valence-corrected chi connectivity index (χ0v) is 20.7. The summed E-state index contributed by atoms with van der Waals surface area (Å²) in [7, 11) is 1.49. The highest BCUT2D eigenvalue weighted by Crippen LogP contribution is 2.34. The number of benzene rings is 1. The third-order valence-corrected chi connectivity index (χ3v) is 5.29. The number of hydrogen-bond donors (Lipinski definition) is 0. The van der Waals surface area contributed by atoms with E-state index < -0.39 is 12.9 Å². The van der Waals surface area contributed by atoms with Crippen LogP contribution in [0.25, 0.3) is 11.3 Å². The predicted octanol–water partition coefficient (Wildman–Crippen LogP) is 5.33. The van der Waals surface area contributed by atoms with Crippen LogP contribution in [0, 0.1) is 18.3 Å². The number of nitriles is 1. The van der Waals surface area contributed by atoms with Crippen molar-refractivity contribution in [3.63, 3.8) is 0 Å². The van der Waals surface area contributed by atoms with Gasteiger partial charge in [-0.3, -0.25) is 4.68 Å². The van der Waals surface area contributed by atoms with Crippen molar-refractivity contribution in [1.29, 1.82) is 5.26 Å². The van der Waals surface area contributed by atoms with Crippen LogP contribution in [0.5, 0.6) is 0 Å². The second kappa shape index (κ2) is 11.7. The molecule has 9 heteroatoms. The third kappa shape index (κ3) is 6.73. The summed E-state index contributed by atoms with van der Waals surface area (Å²) in [5.41, 5.74) is 3.00. The van der Waals surface area contributed by atoms with Crippen molar-refractivity contribution < 1.29 is 23.7 Å². The molecule has 2 rings (SSSR count). The van der Waals surface area contributed by atoms with Gasteiger partial charge in [0.05, 0.1) is 17.3 Å². The van der Waals surface area contributed by atoms with Crippen LogP contribution in [0.3, 0.4) is 0 Å². The number of aromatic nitrogens is 2. The number of aryl methyl sites for hydroxylation is 2. The summed E-state index contributed by atoms with van der Waals surface area (Å²) in [6.07, 6.45) is -0.911. The second-order valence-corrected chi connectivity index (χ2v) is 8.58.